The summed E-state index contributed by atoms with van der Waals surface area (Å²) < 4.78 is 3.32. The Morgan fingerprint density at radius 2 is 1.70 bits per heavy atom. The molecule has 3 unspecified atom stereocenters. The van der Waals surface area contributed by atoms with E-state index in [4.69, 9.17) is 0 Å². The highest BCUT2D eigenvalue weighted by Crippen LogP contribution is 2.48. The van der Waals surface area contributed by atoms with Crippen LogP contribution in [0.15, 0.2) is 77.4 Å². The summed E-state index contributed by atoms with van der Waals surface area (Å²) in [6.07, 6.45) is 9.43. The predicted octanol–water partition coefficient (Wildman–Crippen LogP) is 7.39. The number of benzene rings is 2. The Balaban J connectivity index is 1.32. The molecule has 0 spiro atoms. The van der Waals surface area contributed by atoms with Crippen molar-refractivity contribution in [1.29, 1.82) is 0 Å². The molecular weight excluding hydrogens is 562 g/mol. The molecule has 2 aromatic carbocycles. The zero-order chi connectivity index (χ0) is 28.1. The van der Waals surface area contributed by atoms with Gasteiger partial charge in [-0.3, -0.25) is 9.59 Å². The average Bonchev–Trinajstić information content (AvgIpc) is 3.68. The van der Waals surface area contributed by atoms with Gasteiger partial charge in [-0.1, -0.05) is 84.6 Å². The second kappa shape index (κ2) is 13.2. The van der Waals surface area contributed by atoms with Crippen LogP contribution in [0, 0.1) is 5.92 Å². The van der Waals surface area contributed by atoms with Gasteiger partial charge in [0.2, 0.25) is 11.8 Å². The number of hydrogen-bond donors (Lipinski definition) is 0. The molecule has 1 heterocycles. The SMILES string of the molecule is CCC(C)N(CC(=O)N(Cc1cccn1Cc1ccc(Br)cc1)C1CCCCC1)C(=O)C1CC1c1ccccc1. The Labute approximate surface area is 247 Å². The van der Waals surface area contributed by atoms with Crippen molar-refractivity contribution in [3.8, 4) is 0 Å². The minimum absolute atomic E-state index is 0.0181. The van der Waals surface area contributed by atoms with Crippen molar-refractivity contribution in [3.05, 3.63) is 94.2 Å². The second-order valence-electron chi connectivity index (χ2n) is 11.7. The molecule has 2 aliphatic carbocycles. The highest BCUT2D eigenvalue weighted by atomic mass is 79.9. The van der Waals surface area contributed by atoms with E-state index in [1.165, 1.54) is 17.5 Å². The van der Waals surface area contributed by atoms with Crippen molar-refractivity contribution in [2.45, 2.75) is 89.9 Å². The quantitative estimate of drug-likeness (QED) is 0.229. The number of hydrogen-bond acceptors (Lipinski definition) is 2. The van der Waals surface area contributed by atoms with Crippen LogP contribution in [0.25, 0.3) is 0 Å². The molecule has 40 heavy (non-hydrogen) atoms. The van der Waals surface area contributed by atoms with E-state index >= 15 is 0 Å². The lowest BCUT2D eigenvalue weighted by Gasteiger charge is -2.37. The minimum atomic E-state index is -0.0181. The van der Waals surface area contributed by atoms with Crippen LogP contribution in [0.4, 0.5) is 0 Å². The monoisotopic (exact) mass is 603 g/mol. The van der Waals surface area contributed by atoms with E-state index in [1.54, 1.807) is 0 Å². The number of aromatic nitrogens is 1. The molecule has 2 saturated carbocycles. The molecule has 2 amide bonds. The second-order valence-corrected chi connectivity index (χ2v) is 12.6. The zero-order valence-electron chi connectivity index (χ0n) is 23.8. The first-order valence-corrected chi connectivity index (χ1v) is 15.8. The van der Waals surface area contributed by atoms with E-state index in [-0.39, 0.29) is 42.3 Å². The van der Waals surface area contributed by atoms with Gasteiger partial charge in [-0.15, -0.1) is 0 Å². The van der Waals surface area contributed by atoms with Crippen LogP contribution in [0.3, 0.4) is 0 Å². The number of carbonyl (C=O) groups excluding carboxylic acids is 2. The van der Waals surface area contributed by atoms with Crippen LogP contribution < -0.4 is 0 Å². The smallest absolute Gasteiger partial charge is 0.242 e. The van der Waals surface area contributed by atoms with Crippen LogP contribution in [0.5, 0.6) is 0 Å². The molecule has 3 aromatic rings. The third-order valence-corrected chi connectivity index (χ3v) is 9.43. The van der Waals surface area contributed by atoms with Gasteiger partial charge >= 0.3 is 0 Å². The Morgan fingerprint density at radius 1 is 0.975 bits per heavy atom. The largest absolute Gasteiger partial charge is 0.345 e. The van der Waals surface area contributed by atoms with Gasteiger partial charge in [-0.2, -0.15) is 0 Å². The summed E-state index contributed by atoms with van der Waals surface area (Å²) in [4.78, 5) is 31.9. The first-order valence-electron chi connectivity index (χ1n) is 15.0. The Kier molecular flexibility index (Phi) is 9.46. The summed E-state index contributed by atoms with van der Waals surface area (Å²) >= 11 is 3.52. The molecule has 1 aromatic heterocycles. The lowest BCUT2D eigenvalue weighted by atomic mass is 9.94. The summed E-state index contributed by atoms with van der Waals surface area (Å²) in [6, 6.07) is 23.2. The van der Waals surface area contributed by atoms with Crippen molar-refractivity contribution < 1.29 is 9.59 Å². The van der Waals surface area contributed by atoms with E-state index < -0.39 is 0 Å². The molecule has 5 nitrogen and oxygen atoms in total. The number of rotatable bonds is 11. The standard InChI is InChI=1S/C34H42BrN3O2/c1-3-25(2)37(34(40)32-21-31(32)27-11-6-4-7-12-27)24-33(39)38(29-13-8-5-9-14-29)23-30-15-10-20-36(30)22-26-16-18-28(35)19-17-26/h4,6-7,10-12,15-20,25,29,31-32H,3,5,8-9,13-14,21-24H2,1-2H3. The van der Waals surface area contributed by atoms with Gasteiger partial charge in [0.05, 0.1) is 6.54 Å². The average molecular weight is 605 g/mol. The molecule has 5 rings (SSSR count). The summed E-state index contributed by atoms with van der Waals surface area (Å²) in [5.74, 6) is 0.467. The number of amides is 2. The van der Waals surface area contributed by atoms with Crippen LogP contribution in [-0.2, 0) is 22.7 Å². The van der Waals surface area contributed by atoms with Crippen molar-refractivity contribution in [2.24, 2.45) is 5.92 Å². The molecule has 2 fully saturated rings. The molecule has 0 radical (unpaired) electrons. The maximum Gasteiger partial charge on any atom is 0.242 e. The normalized spacial score (nSPS) is 19.7. The lowest BCUT2D eigenvalue weighted by molar-refractivity contribution is -0.145. The molecule has 0 N–H and O–H groups in total. The van der Waals surface area contributed by atoms with Crippen LogP contribution in [0.2, 0.25) is 0 Å². The van der Waals surface area contributed by atoms with E-state index in [1.807, 2.05) is 23.1 Å². The van der Waals surface area contributed by atoms with Gasteiger partial charge in [0.1, 0.15) is 6.54 Å². The highest BCUT2D eigenvalue weighted by molar-refractivity contribution is 9.10. The fraction of sp³-hybridized carbons (Fsp3) is 0.471. The van der Waals surface area contributed by atoms with Crippen LogP contribution in [-0.4, -0.2) is 44.8 Å². The van der Waals surface area contributed by atoms with E-state index in [0.29, 0.717) is 6.54 Å². The fourth-order valence-corrected chi connectivity index (χ4v) is 6.44. The Hall–Kier alpha value is -2.86. The fourth-order valence-electron chi connectivity index (χ4n) is 6.18. The molecule has 212 valence electrons. The molecule has 0 aliphatic heterocycles. The zero-order valence-corrected chi connectivity index (χ0v) is 25.4. The minimum Gasteiger partial charge on any atom is -0.345 e. The number of nitrogens with zero attached hydrogens (tertiary/aromatic N) is 3. The Bertz CT molecular complexity index is 1270. The molecule has 0 saturated heterocycles. The van der Waals surface area contributed by atoms with Gasteiger partial charge in [-0.25, -0.2) is 0 Å². The third-order valence-electron chi connectivity index (χ3n) is 8.90. The van der Waals surface area contributed by atoms with Gasteiger partial charge in [0.25, 0.3) is 0 Å². The molecule has 0 bridgehead atoms. The summed E-state index contributed by atoms with van der Waals surface area (Å²) in [5, 5.41) is 0. The molecule has 6 heteroatoms. The number of halogens is 1. The molecular formula is C34H42BrN3O2. The van der Waals surface area contributed by atoms with Gasteiger partial charge in [-0.05, 0) is 73.9 Å². The maximum absolute atomic E-state index is 14.1. The summed E-state index contributed by atoms with van der Waals surface area (Å²) in [6.45, 7) is 5.69. The maximum atomic E-state index is 14.1. The molecule has 2 aliphatic rings. The third kappa shape index (κ3) is 6.88. The Morgan fingerprint density at radius 3 is 2.40 bits per heavy atom. The van der Waals surface area contributed by atoms with Crippen molar-refractivity contribution in [3.63, 3.8) is 0 Å². The number of carbonyl (C=O) groups is 2. The lowest BCUT2D eigenvalue weighted by Crippen LogP contribution is -2.50. The van der Waals surface area contributed by atoms with E-state index in [9.17, 15) is 9.59 Å². The van der Waals surface area contributed by atoms with Gasteiger partial charge in [0, 0.05) is 40.9 Å². The summed E-state index contributed by atoms with van der Waals surface area (Å²) in [7, 11) is 0. The van der Waals surface area contributed by atoms with Crippen molar-refractivity contribution >= 4 is 27.7 Å². The first kappa shape index (κ1) is 28.7. The topological polar surface area (TPSA) is 45.6 Å². The van der Waals surface area contributed by atoms with E-state index in [2.05, 4.69) is 94.0 Å². The van der Waals surface area contributed by atoms with Crippen LogP contribution in [0.1, 0.15) is 81.5 Å². The molecule has 3 atom stereocenters. The van der Waals surface area contributed by atoms with Crippen molar-refractivity contribution in [2.75, 3.05) is 6.54 Å². The predicted molar refractivity (Wildman–Crippen MR) is 164 cm³/mol. The van der Waals surface area contributed by atoms with Crippen molar-refractivity contribution in [1.82, 2.24) is 14.4 Å². The summed E-state index contributed by atoms with van der Waals surface area (Å²) in [5.41, 5.74) is 3.59. The highest BCUT2D eigenvalue weighted by Gasteiger charge is 2.46. The van der Waals surface area contributed by atoms with Gasteiger partial charge < -0.3 is 14.4 Å². The first-order chi connectivity index (χ1) is 19.4. The van der Waals surface area contributed by atoms with Gasteiger partial charge in [0.15, 0.2) is 0 Å². The van der Waals surface area contributed by atoms with E-state index in [0.717, 1.165) is 55.2 Å². The van der Waals surface area contributed by atoms with Crippen LogP contribution >= 0.6 is 15.9 Å².